The number of hydrogen-bond acceptors (Lipinski definition) is 5. The number of carboxylic acid groups (broad SMARTS) is 1. The molecule has 1 N–H and O–H groups in total. The van der Waals surface area contributed by atoms with Gasteiger partial charge in [-0.2, -0.15) is 5.26 Å². The van der Waals surface area contributed by atoms with E-state index in [0.29, 0.717) is 17.1 Å². The van der Waals surface area contributed by atoms with Crippen LogP contribution in [0.4, 0.5) is 0 Å². The van der Waals surface area contributed by atoms with Crippen molar-refractivity contribution in [1.29, 1.82) is 5.26 Å². The van der Waals surface area contributed by atoms with E-state index in [4.69, 9.17) is 14.6 Å². The summed E-state index contributed by atoms with van der Waals surface area (Å²) >= 11 is 0. The summed E-state index contributed by atoms with van der Waals surface area (Å²) in [7, 11) is 4.74. The normalized spacial score (nSPS) is 11.8. The average molecular weight is 278 g/mol. The third-order valence-corrected chi connectivity index (χ3v) is 2.97. The van der Waals surface area contributed by atoms with Gasteiger partial charge in [0.05, 0.1) is 26.7 Å². The van der Waals surface area contributed by atoms with E-state index >= 15 is 0 Å². The van der Waals surface area contributed by atoms with Crippen LogP contribution < -0.4 is 9.47 Å². The van der Waals surface area contributed by atoms with Crippen LogP contribution in [0.15, 0.2) is 18.2 Å². The second kappa shape index (κ2) is 7.36. The largest absolute Gasteiger partial charge is 0.493 e. The number of benzene rings is 1. The summed E-state index contributed by atoms with van der Waals surface area (Å²) in [6, 6.07) is 6.85. The van der Waals surface area contributed by atoms with E-state index in [1.165, 1.54) is 14.2 Å². The molecule has 20 heavy (non-hydrogen) atoms. The minimum Gasteiger partial charge on any atom is -0.493 e. The maximum atomic E-state index is 10.6. The topological polar surface area (TPSA) is 82.8 Å². The zero-order valence-electron chi connectivity index (χ0n) is 11.8. The monoisotopic (exact) mass is 278 g/mol. The Kier molecular flexibility index (Phi) is 5.81. The standard InChI is InChI=1S/C14H18N2O4/c1-16(8-7-13(17)18)11(9-15)10-5-4-6-12(19-2)14(10)20-3/h4-6,11H,7-8H2,1-3H3,(H,17,18). The van der Waals surface area contributed by atoms with Crippen LogP contribution in [0.2, 0.25) is 0 Å². The fourth-order valence-corrected chi connectivity index (χ4v) is 1.93. The van der Waals surface area contributed by atoms with Gasteiger partial charge in [0.15, 0.2) is 11.5 Å². The van der Waals surface area contributed by atoms with Crippen molar-refractivity contribution in [3.63, 3.8) is 0 Å². The smallest absolute Gasteiger partial charge is 0.304 e. The SMILES string of the molecule is COc1cccc(C(C#N)N(C)CCC(=O)O)c1OC. The third kappa shape index (κ3) is 3.62. The highest BCUT2D eigenvalue weighted by molar-refractivity contribution is 5.66. The predicted molar refractivity (Wildman–Crippen MR) is 72.8 cm³/mol. The fourth-order valence-electron chi connectivity index (χ4n) is 1.93. The maximum Gasteiger partial charge on any atom is 0.304 e. The predicted octanol–water partition coefficient (Wildman–Crippen LogP) is 1.67. The lowest BCUT2D eigenvalue weighted by Gasteiger charge is -2.24. The van der Waals surface area contributed by atoms with E-state index in [1.54, 1.807) is 30.1 Å². The molecule has 1 aromatic rings. The molecular formula is C14H18N2O4. The number of carboxylic acids is 1. The lowest BCUT2D eigenvalue weighted by atomic mass is 10.0. The van der Waals surface area contributed by atoms with Gasteiger partial charge >= 0.3 is 5.97 Å². The molecule has 0 aliphatic carbocycles. The Balaban J connectivity index is 3.06. The minimum absolute atomic E-state index is 0.0268. The van der Waals surface area contributed by atoms with E-state index in [-0.39, 0.29) is 13.0 Å². The summed E-state index contributed by atoms with van der Waals surface area (Å²) in [6.45, 7) is 0.272. The Labute approximate surface area is 118 Å². The highest BCUT2D eigenvalue weighted by Crippen LogP contribution is 2.36. The molecule has 1 rings (SSSR count). The van der Waals surface area contributed by atoms with Gasteiger partial charge in [-0.1, -0.05) is 12.1 Å². The zero-order chi connectivity index (χ0) is 15.1. The summed E-state index contributed by atoms with van der Waals surface area (Å²) in [5.74, 6) is 0.131. The van der Waals surface area contributed by atoms with Crippen molar-refractivity contribution in [3.8, 4) is 17.6 Å². The van der Waals surface area contributed by atoms with E-state index in [1.807, 2.05) is 0 Å². The number of carbonyl (C=O) groups is 1. The second-order valence-electron chi connectivity index (χ2n) is 4.24. The molecule has 1 unspecified atom stereocenters. The van der Waals surface area contributed by atoms with Crippen LogP contribution in [-0.4, -0.2) is 43.8 Å². The molecule has 0 amide bonds. The van der Waals surface area contributed by atoms with Gasteiger partial charge in [0.1, 0.15) is 6.04 Å². The number of ether oxygens (including phenoxy) is 2. The average Bonchev–Trinajstić information content (AvgIpc) is 2.45. The van der Waals surface area contributed by atoms with E-state index < -0.39 is 12.0 Å². The second-order valence-corrected chi connectivity index (χ2v) is 4.24. The van der Waals surface area contributed by atoms with Crippen LogP contribution in [0.5, 0.6) is 11.5 Å². The molecule has 0 heterocycles. The lowest BCUT2D eigenvalue weighted by Crippen LogP contribution is -2.26. The van der Waals surface area contributed by atoms with Crippen LogP contribution in [0.1, 0.15) is 18.0 Å². The molecule has 0 aliphatic rings. The number of nitrogens with zero attached hydrogens (tertiary/aromatic N) is 2. The first-order valence-electron chi connectivity index (χ1n) is 6.07. The van der Waals surface area contributed by atoms with Crippen LogP contribution in [-0.2, 0) is 4.79 Å². The van der Waals surface area contributed by atoms with Crippen molar-refractivity contribution >= 4 is 5.97 Å². The molecule has 108 valence electrons. The molecule has 1 atom stereocenters. The Morgan fingerprint density at radius 2 is 2.15 bits per heavy atom. The molecule has 0 fully saturated rings. The molecular weight excluding hydrogens is 260 g/mol. The molecule has 0 saturated carbocycles. The van der Waals surface area contributed by atoms with Crippen LogP contribution in [0.25, 0.3) is 0 Å². The van der Waals surface area contributed by atoms with Crippen LogP contribution in [0, 0.1) is 11.3 Å². The van der Waals surface area contributed by atoms with Gasteiger partial charge in [0.25, 0.3) is 0 Å². The quantitative estimate of drug-likeness (QED) is 0.817. The number of aliphatic carboxylic acids is 1. The Hall–Kier alpha value is -2.26. The third-order valence-electron chi connectivity index (χ3n) is 2.97. The Bertz CT molecular complexity index is 510. The summed E-state index contributed by atoms with van der Waals surface area (Å²) < 4.78 is 10.5. The molecule has 6 heteroatoms. The number of rotatable bonds is 7. The van der Waals surface area contributed by atoms with Crippen LogP contribution >= 0.6 is 0 Å². The van der Waals surface area contributed by atoms with Gasteiger partial charge in [-0.05, 0) is 13.1 Å². The molecule has 0 aromatic heterocycles. The first-order chi connectivity index (χ1) is 9.54. The van der Waals surface area contributed by atoms with E-state index in [0.717, 1.165) is 0 Å². The number of hydrogen-bond donors (Lipinski definition) is 1. The van der Waals surface area contributed by atoms with Gasteiger partial charge in [-0.15, -0.1) is 0 Å². The van der Waals surface area contributed by atoms with Crippen molar-refractivity contribution in [2.24, 2.45) is 0 Å². The Morgan fingerprint density at radius 3 is 2.65 bits per heavy atom. The zero-order valence-corrected chi connectivity index (χ0v) is 11.8. The summed E-state index contributed by atoms with van der Waals surface area (Å²) in [6.07, 6.45) is -0.0268. The van der Waals surface area contributed by atoms with Crippen molar-refractivity contribution < 1.29 is 19.4 Å². The van der Waals surface area contributed by atoms with Crippen molar-refractivity contribution in [3.05, 3.63) is 23.8 Å². The minimum atomic E-state index is -0.897. The van der Waals surface area contributed by atoms with Crippen LogP contribution in [0.3, 0.4) is 0 Å². The van der Waals surface area contributed by atoms with Gasteiger partial charge in [-0.25, -0.2) is 0 Å². The molecule has 6 nitrogen and oxygen atoms in total. The van der Waals surface area contributed by atoms with Gasteiger partial charge in [-0.3, -0.25) is 9.69 Å². The van der Waals surface area contributed by atoms with Crippen molar-refractivity contribution in [2.45, 2.75) is 12.5 Å². The highest BCUT2D eigenvalue weighted by Gasteiger charge is 2.22. The first-order valence-corrected chi connectivity index (χ1v) is 6.07. The molecule has 0 radical (unpaired) electrons. The number of nitriles is 1. The van der Waals surface area contributed by atoms with E-state index in [9.17, 15) is 10.1 Å². The Morgan fingerprint density at radius 1 is 1.45 bits per heavy atom. The maximum absolute atomic E-state index is 10.6. The van der Waals surface area contributed by atoms with Crippen molar-refractivity contribution in [2.75, 3.05) is 27.8 Å². The summed E-state index contributed by atoms with van der Waals surface area (Å²) in [4.78, 5) is 12.3. The van der Waals surface area contributed by atoms with Gasteiger partial charge in [0, 0.05) is 12.1 Å². The number of methoxy groups -OCH3 is 2. The lowest BCUT2D eigenvalue weighted by molar-refractivity contribution is -0.137. The van der Waals surface area contributed by atoms with Gasteiger partial charge in [0.2, 0.25) is 0 Å². The molecule has 0 saturated heterocycles. The fraction of sp³-hybridized carbons (Fsp3) is 0.429. The molecule has 0 aliphatic heterocycles. The highest BCUT2D eigenvalue weighted by atomic mass is 16.5. The first kappa shape index (κ1) is 15.8. The summed E-state index contributed by atoms with van der Waals surface area (Å²) in [5, 5.41) is 18.1. The van der Waals surface area contributed by atoms with Gasteiger partial charge < -0.3 is 14.6 Å². The number of para-hydroxylation sites is 1. The van der Waals surface area contributed by atoms with Crippen molar-refractivity contribution in [1.82, 2.24) is 4.90 Å². The molecule has 1 aromatic carbocycles. The summed E-state index contributed by atoms with van der Waals surface area (Å²) in [5.41, 5.74) is 0.655. The van der Waals surface area contributed by atoms with E-state index in [2.05, 4.69) is 6.07 Å². The molecule has 0 bridgehead atoms. The molecule has 0 spiro atoms.